The monoisotopic (exact) mass is 346 g/mol. The number of carboxylic acids is 1. The molecule has 9 nitrogen and oxygen atoms in total. The molecule has 132 valence electrons. The number of likely N-dealkylation sites (tertiary alicyclic amines) is 1. The number of primary amides is 1. The molecule has 0 aromatic carbocycles. The summed E-state index contributed by atoms with van der Waals surface area (Å²) < 4.78 is 1.72. The molecule has 1 aliphatic heterocycles. The summed E-state index contributed by atoms with van der Waals surface area (Å²) in [5, 5.41) is 19.8. The molecule has 4 N–H and O–H groups in total. The first-order valence-electron chi connectivity index (χ1n) is 7.82. The van der Waals surface area contributed by atoms with E-state index in [0.717, 1.165) is 5.39 Å². The zero-order chi connectivity index (χ0) is 18.1. The van der Waals surface area contributed by atoms with E-state index in [1.807, 2.05) is 0 Å². The molecule has 25 heavy (non-hydrogen) atoms. The lowest BCUT2D eigenvalue weighted by atomic mass is 10.2. The second-order valence-electron chi connectivity index (χ2n) is 6.02. The summed E-state index contributed by atoms with van der Waals surface area (Å²) in [4.78, 5) is 39.7. The maximum atomic E-state index is 12.1. The number of β-amino-alcohol motifs (C(OH)–C–C–N with tert-alkyl or cyclic N) is 1. The Morgan fingerprint density at radius 1 is 1.20 bits per heavy atom. The van der Waals surface area contributed by atoms with Crippen molar-refractivity contribution in [1.82, 2.24) is 14.5 Å². The predicted octanol–water partition coefficient (Wildman–Crippen LogP) is -0.256. The molecule has 3 rings (SSSR count). The average Bonchev–Trinajstić information content (AvgIpc) is 3.15. The predicted molar refractivity (Wildman–Crippen MR) is 86.7 cm³/mol. The molecule has 0 bridgehead atoms. The number of hydrogen-bond acceptors (Lipinski definition) is 5. The van der Waals surface area contributed by atoms with Crippen molar-refractivity contribution >= 4 is 28.8 Å². The molecule has 0 spiro atoms. The number of pyridine rings is 1. The zero-order valence-corrected chi connectivity index (χ0v) is 13.3. The number of rotatable bonds is 5. The van der Waals surface area contributed by atoms with E-state index in [4.69, 9.17) is 10.8 Å². The van der Waals surface area contributed by atoms with Crippen LogP contribution in [0, 0.1) is 0 Å². The fraction of sp³-hybridized carbons (Fsp3) is 0.375. The van der Waals surface area contributed by atoms with E-state index in [1.165, 1.54) is 11.0 Å². The molecule has 2 aromatic rings. The van der Waals surface area contributed by atoms with Gasteiger partial charge in [0.2, 0.25) is 5.91 Å². The van der Waals surface area contributed by atoms with Crippen LogP contribution in [-0.2, 0) is 9.59 Å². The minimum atomic E-state index is -1.04. The maximum absolute atomic E-state index is 12.1. The van der Waals surface area contributed by atoms with Crippen molar-refractivity contribution in [3.63, 3.8) is 0 Å². The molecule has 2 amide bonds. The van der Waals surface area contributed by atoms with E-state index in [2.05, 4.69) is 4.98 Å². The Morgan fingerprint density at radius 2 is 1.96 bits per heavy atom. The zero-order valence-electron chi connectivity index (χ0n) is 13.3. The Bertz CT molecular complexity index is 846. The molecule has 0 unspecified atom stereocenters. The van der Waals surface area contributed by atoms with E-state index in [9.17, 15) is 19.5 Å². The number of aromatic nitrogens is 2. The lowest BCUT2D eigenvalue weighted by molar-refractivity contribution is -0.140. The average molecular weight is 346 g/mol. The highest BCUT2D eigenvalue weighted by molar-refractivity contribution is 5.93. The normalized spacial score (nSPS) is 20.1. The third kappa shape index (κ3) is 3.31. The van der Waals surface area contributed by atoms with Gasteiger partial charge in [-0.15, -0.1) is 0 Å². The van der Waals surface area contributed by atoms with Crippen molar-refractivity contribution in [2.75, 3.05) is 13.1 Å². The Labute approximate surface area is 142 Å². The number of nitrogens with two attached hydrogens (primary N) is 1. The van der Waals surface area contributed by atoms with Crippen LogP contribution in [0.15, 0.2) is 24.4 Å². The van der Waals surface area contributed by atoms with Crippen molar-refractivity contribution in [1.29, 1.82) is 0 Å². The third-order valence-electron chi connectivity index (χ3n) is 4.34. The number of aliphatic hydroxyl groups excluding tert-OH is 1. The van der Waals surface area contributed by atoms with Crippen molar-refractivity contribution in [2.45, 2.75) is 25.0 Å². The van der Waals surface area contributed by atoms with Crippen LogP contribution in [0.5, 0.6) is 0 Å². The number of nitrogens with zero attached hydrogens (tertiary/aromatic N) is 3. The van der Waals surface area contributed by atoms with Crippen molar-refractivity contribution in [3.8, 4) is 0 Å². The summed E-state index contributed by atoms with van der Waals surface area (Å²) in [6, 6.07) is 4.62. The van der Waals surface area contributed by atoms with Gasteiger partial charge in [-0.2, -0.15) is 0 Å². The van der Waals surface area contributed by atoms with Crippen LogP contribution < -0.4 is 5.73 Å². The Morgan fingerprint density at radius 3 is 2.64 bits per heavy atom. The first-order chi connectivity index (χ1) is 11.9. The smallest absolute Gasteiger partial charge is 0.303 e. The molecule has 1 aliphatic rings. The Kier molecular flexibility index (Phi) is 4.41. The van der Waals surface area contributed by atoms with Gasteiger partial charge in [-0.3, -0.25) is 14.4 Å². The van der Waals surface area contributed by atoms with Gasteiger partial charge in [0.05, 0.1) is 18.6 Å². The molecule has 0 radical (unpaired) electrons. The van der Waals surface area contributed by atoms with Gasteiger partial charge in [-0.1, -0.05) is 0 Å². The van der Waals surface area contributed by atoms with E-state index in [-0.39, 0.29) is 37.5 Å². The van der Waals surface area contributed by atoms with Gasteiger partial charge in [0.25, 0.3) is 5.91 Å². The van der Waals surface area contributed by atoms with Gasteiger partial charge in [0.15, 0.2) is 0 Å². The minimum Gasteiger partial charge on any atom is -0.481 e. The van der Waals surface area contributed by atoms with Crippen molar-refractivity contribution in [2.24, 2.45) is 5.73 Å². The molecule has 0 saturated carbocycles. The summed E-state index contributed by atoms with van der Waals surface area (Å²) in [6.07, 6.45) is 0.572. The van der Waals surface area contributed by atoms with E-state index >= 15 is 0 Å². The SMILES string of the molecule is NC(=O)c1ccc2ccn([C@@H]3CN(C(=O)CCC(=O)O)C[C@H]3O)c2n1. The summed E-state index contributed by atoms with van der Waals surface area (Å²) >= 11 is 0. The third-order valence-corrected chi connectivity index (χ3v) is 4.34. The number of aliphatic carboxylic acids is 1. The number of carbonyl (C=O) groups is 3. The number of fused-ring (bicyclic) bond motifs is 1. The van der Waals surface area contributed by atoms with Gasteiger partial charge < -0.3 is 25.4 Å². The Balaban J connectivity index is 1.83. The van der Waals surface area contributed by atoms with Gasteiger partial charge in [-0.05, 0) is 18.2 Å². The fourth-order valence-corrected chi connectivity index (χ4v) is 3.05. The second-order valence-corrected chi connectivity index (χ2v) is 6.02. The van der Waals surface area contributed by atoms with Crippen LogP contribution in [0.1, 0.15) is 29.4 Å². The first-order valence-corrected chi connectivity index (χ1v) is 7.82. The Hall–Kier alpha value is -2.94. The maximum Gasteiger partial charge on any atom is 0.303 e. The molecule has 1 fully saturated rings. The molecule has 3 heterocycles. The van der Waals surface area contributed by atoms with Crippen LogP contribution in [-0.4, -0.2) is 61.6 Å². The van der Waals surface area contributed by atoms with Crippen molar-refractivity contribution < 1.29 is 24.6 Å². The highest BCUT2D eigenvalue weighted by Gasteiger charge is 2.35. The lowest BCUT2D eigenvalue weighted by Crippen LogP contribution is -2.29. The van der Waals surface area contributed by atoms with Gasteiger partial charge in [0.1, 0.15) is 11.3 Å². The summed E-state index contributed by atoms with van der Waals surface area (Å²) in [5.74, 6) is -2.00. The van der Waals surface area contributed by atoms with Gasteiger partial charge in [-0.25, -0.2) is 4.98 Å². The molecule has 1 saturated heterocycles. The minimum absolute atomic E-state index is 0.106. The van der Waals surface area contributed by atoms with Crippen molar-refractivity contribution in [3.05, 3.63) is 30.1 Å². The quantitative estimate of drug-likeness (QED) is 0.682. The van der Waals surface area contributed by atoms with Crippen LogP contribution in [0.3, 0.4) is 0 Å². The highest BCUT2D eigenvalue weighted by atomic mass is 16.4. The number of hydrogen-bond donors (Lipinski definition) is 3. The first kappa shape index (κ1) is 16.9. The molecule has 2 aromatic heterocycles. The van der Waals surface area contributed by atoms with E-state index < -0.39 is 24.0 Å². The second kappa shape index (κ2) is 6.52. The molecular weight excluding hydrogens is 328 g/mol. The number of carbonyl (C=O) groups excluding carboxylic acids is 2. The van der Waals surface area contributed by atoms with E-state index in [1.54, 1.807) is 22.9 Å². The topological polar surface area (TPSA) is 139 Å². The highest BCUT2D eigenvalue weighted by Crippen LogP contribution is 2.27. The van der Waals surface area contributed by atoms with Crippen LogP contribution in [0.4, 0.5) is 0 Å². The largest absolute Gasteiger partial charge is 0.481 e. The van der Waals surface area contributed by atoms with Crippen LogP contribution in [0.2, 0.25) is 0 Å². The standard InChI is InChI=1S/C16H18N4O5/c17-15(25)10-2-1-9-5-6-20(16(9)18-10)11-7-19(8-12(11)21)13(22)3-4-14(23)24/h1-2,5-6,11-12,21H,3-4,7-8H2,(H2,17,25)(H,23,24)/t11-,12-/m1/s1. The molecular formula is C16H18N4O5. The molecule has 9 heteroatoms. The number of aliphatic hydroxyl groups is 1. The summed E-state index contributed by atoms with van der Waals surface area (Å²) in [7, 11) is 0. The number of carboxylic acid groups (broad SMARTS) is 1. The van der Waals surface area contributed by atoms with Gasteiger partial charge >= 0.3 is 5.97 Å². The lowest BCUT2D eigenvalue weighted by Gasteiger charge is -2.17. The summed E-state index contributed by atoms with van der Waals surface area (Å²) in [5.41, 5.74) is 5.88. The van der Waals surface area contributed by atoms with Crippen LogP contribution >= 0.6 is 0 Å². The molecule has 0 aliphatic carbocycles. The van der Waals surface area contributed by atoms with Gasteiger partial charge in [0, 0.05) is 31.1 Å². The fourth-order valence-electron chi connectivity index (χ4n) is 3.05. The van der Waals surface area contributed by atoms with E-state index in [0.29, 0.717) is 5.65 Å². The molecule has 2 atom stereocenters. The van der Waals surface area contributed by atoms with Crippen LogP contribution in [0.25, 0.3) is 11.0 Å². The summed E-state index contributed by atoms with van der Waals surface area (Å²) in [6.45, 7) is 0.365. The number of amides is 2.